The Morgan fingerprint density at radius 2 is 1.97 bits per heavy atom. The van der Waals surface area contributed by atoms with E-state index in [0.29, 0.717) is 30.3 Å². The first kappa shape index (κ1) is 20.1. The molecule has 3 aromatic heterocycles. The van der Waals surface area contributed by atoms with Crippen LogP contribution in [0.15, 0.2) is 53.3 Å². The van der Waals surface area contributed by atoms with Crippen LogP contribution in [0.4, 0.5) is 0 Å². The lowest BCUT2D eigenvalue weighted by molar-refractivity contribution is 0.0491. The first-order valence-corrected chi connectivity index (χ1v) is 10.4. The quantitative estimate of drug-likeness (QED) is 0.301. The number of hydrogen-bond donors (Lipinski definition) is 0. The van der Waals surface area contributed by atoms with Crippen molar-refractivity contribution < 1.29 is 9.53 Å². The van der Waals surface area contributed by atoms with E-state index in [0.717, 1.165) is 28.4 Å². The summed E-state index contributed by atoms with van der Waals surface area (Å²) < 4.78 is 7.66. The molecule has 0 fully saturated rings. The lowest BCUT2D eigenvalue weighted by Crippen LogP contribution is -2.11. The second-order valence-corrected chi connectivity index (χ2v) is 7.61. The molecule has 0 aliphatic rings. The van der Waals surface area contributed by atoms with Crippen LogP contribution in [0.1, 0.15) is 41.6 Å². The highest BCUT2D eigenvalue weighted by Gasteiger charge is 2.14. The monoisotopic (exact) mass is 466 g/mol. The van der Waals surface area contributed by atoms with Crippen LogP contribution in [0.2, 0.25) is 0 Å². The number of carbonyl (C=O) groups excluding carboxylic acids is 1. The zero-order valence-corrected chi connectivity index (χ0v) is 17.9. The van der Waals surface area contributed by atoms with E-state index >= 15 is 0 Å². The summed E-state index contributed by atoms with van der Waals surface area (Å²) in [5.74, 6) is 0.822. The van der Waals surface area contributed by atoms with Gasteiger partial charge in [0, 0.05) is 24.4 Å². The lowest BCUT2D eigenvalue weighted by atomic mass is 10.1. The minimum absolute atomic E-state index is 0.233. The third-order valence-corrected chi connectivity index (χ3v) is 4.84. The van der Waals surface area contributed by atoms with Crippen LogP contribution in [0.25, 0.3) is 17.0 Å². The minimum atomic E-state index is -0.445. The van der Waals surface area contributed by atoms with E-state index in [2.05, 4.69) is 41.2 Å². The minimum Gasteiger partial charge on any atom is -0.461 e. The van der Waals surface area contributed by atoms with E-state index in [9.17, 15) is 4.79 Å². The average Bonchev–Trinajstić information content (AvgIpc) is 3.16. The lowest BCUT2D eigenvalue weighted by Gasteiger charge is -2.05. The normalized spacial score (nSPS) is 11.0. The number of unbranched alkanes of at least 4 members (excludes halogenated alkanes) is 1. The fraction of sp³-hybridized carbons (Fsp3) is 0.238. The molecule has 0 atom stereocenters. The van der Waals surface area contributed by atoms with Crippen LogP contribution in [-0.2, 0) is 11.2 Å². The van der Waals surface area contributed by atoms with E-state index in [1.165, 1.54) is 0 Å². The Bertz CT molecular complexity index is 1180. The molecule has 0 bridgehead atoms. The second kappa shape index (κ2) is 9.08. The molecule has 0 radical (unpaired) electrons. The van der Waals surface area contributed by atoms with Crippen molar-refractivity contribution in [3.8, 4) is 11.4 Å². The number of aromatic nitrogens is 6. The summed E-state index contributed by atoms with van der Waals surface area (Å²) in [4.78, 5) is 20.9. The molecule has 4 rings (SSSR count). The highest BCUT2D eigenvalue weighted by Crippen LogP contribution is 2.19. The number of nitrogens with zero attached hydrogens (tertiary/aromatic N) is 6. The summed E-state index contributed by atoms with van der Waals surface area (Å²) in [5, 5.41) is 12.8. The van der Waals surface area contributed by atoms with Crippen molar-refractivity contribution >= 4 is 27.5 Å². The van der Waals surface area contributed by atoms with Crippen molar-refractivity contribution in [2.75, 3.05) is 6.61 Å². The highest BCUT2D eigenvalue weighted by molar-refractivity contribution is 9.10. The fourth-order valence-corrected chi connectivity index (χ4v) is 3.10. The Morgan fingerprint density at radius 1 is 1.13 bits per heavy atom. The molecule has 1 aromatic carbocycles. The van der Waals surface area contributed by atoms with Gasteiger partial charge >= 0.3 is 5.97 Å². The fourth-order valence-electron chi connectivity index (χ4n) is 2.90. The Morgan fingerprint density at radius 3 is 2.77 bits per heavy atom. The van der Waals surface area contributed by atoms with Crippen molar-refractivity contribution in [1.82, 2.24) is 29.8 Å². The maximum absolute atomic E-state index is 12.2. The van der Waals surface area contributed by atoms with Gasteiger partial charge in [0.05, 0.1) is 11.1 Å². The third kappa shape index (κ3) is 4.51. The number of hydrogen-bond acceptors (Lipinski definition) is 7. The number of fused-ring (bicyclic) bond motifs is 1. The van der Waals surface area contributed by atoms with Gasteiger partial charge in [-0.1, -0.05) is 31.5 Å². The predicted octanol–water partition coefficient (Wildman–Crippen LogP) is 3.89. The summed E-state index contributed by atoms with van der Waals surface area (Å²) >= 11 is 3.35. The van der Waals surface area contributed by atoms with E-state index in [1.54, 1.807) is 29.0 Å². The summed E-state index contributed by atoms with van der Waals surface area (Å²) in [7, 11) is 0. The maximum atomic E-state index is 12.2. The van der Waals surface area contributed by atoms with Gasteiger partial charge in [0.1, 0.15) is 0 Å². The van der Waals surface area contributed by atoms with Crippen molar-refractivity contribution in [2.45, 2.75) is 26.2 Å². The zero-order chi connectivity index (χ0) is 20.9. The Kier molecular flexibility index (Phi) is 6.08. The molecular weight excluding hydrogens is 448 g/mol. The zero-order valence-electron chi connectivity index (χ0n) is 16.3. The summed E-state index contributed by atoms with van der Waals surface area (Å²) in [5.41, 5.74) is 2.71. The van der Waals surface area contributed by atoms with Crippen molar-refractivity contribution in [3.05, 3.63) is 70.3 Å². The molecule has 0 aliphatic heterocycles. The van der Waals surface area contributed by atoms with Gasteiger partial charge in [-0.05, 0) is 46.1 Å². The smallest absolute Gasteiger partial charge is 0.358 e. The van der Waals surface area contributed by atoms with Gasteiger partial charge < -0.3 is 4.74 Å². The molecule has 0 amide bonds. The van der Waals surface area contributed by atoms with E-state index in [1.807, 2.05) is 31.2 Å². The van der Waals surface area contributed by atoms with Gasteiger partial charge in [-0.25, -0.2) is 14.8 Å². The van der Waals surface area contributed by atoms with Crippen molar-refractivity contribution in [3.63, 3.8) is 0 Å². The Labute approximate surface area is 181 Å². The van der Waals surface area contributed by atoms with Gasteiger partial charge in [0.15, 0.2) is 23.0 Å². The number of ether oxygens (including phenoxy) is 1. The number of rotatable bonds is 7. The van der Waals surface area contributed by atoms with E-state index in [4.69, 9.17) is 4.74 Å². The molecule has 0 aliphatic carbocycles. The largest absolute Gasteiger partial charge is 0.461 e. The first-order valence-electron chi connectivity index (χ1n) is 9.59. The van der Waals surface area contributed by atoms with Crippen LogP contribution in [0, 0.1) is 0 Å². The SMILES string of the molecule is CCCCOC(=O)c1ccc2nnc(Cc3cccc(-c4ncc(Br)cn4)c3)n2n1. The van der Waals surface area contributed by atoms with Crippen molar-refractivity contribution in [1.29, 1.82) is 0 Å². The number of halogens is 1. The molecule has 0 N–H and O–H groups in total. The van der Waals surface area contributed by atoms with Crippen LogP contribution in [0.3, 0.4) is 0 Å². The van der Waals surface area contributed by atoms with Gasteiger partial charge in [-0.2, -0.15) is 9.61 Å². The number of carbonyl (C=O) groups is 1. The number of benzene rings is 1. The molecule has 0 unspecified atom stereocenters. The predicted molar refractivity (Wildman–Crippen MR) is 114 cm³/mol. The van der Waals surface area contributed by atoms with Crippen LogP contribution in [-0.4, -0.2) is 42.4 Å². The summed E-state index contributed by atoms with van der Waals surface area (Å²) in [6, 6.07) is 11.2. The highest BCUT2D eigenvalue weighted by atomic mass is 79.9. The van der Waals surface area contributed by atoms with Crippen LogP contribution < -0.4 is 0 Å². The topological polar surface area (TPSA) is 95.2 Å². The second-order valence-electron chi connectivity index (χ2n) is 6.70. The first-order chi connectivity index (χ1) is 14.6. The van der Waals surface area contributed by atoms with Crippen LogP contribution >= 0.6 is 15.9 Å². The summed E-state index contributed by atoms with van der Waals surface area (Å²) in [6.45, 7) is 2.43. The van der Waals surface area contributed by atoms with Gasteiger partial charge in [0.25, 0.3) is 0 Å². The summed E-state index contributed by atoms with van der Waals surface area (Å²) in [6.07, 6.45) is 5.70. The van der Waals surface area contributed by atoms with Gasteiger partial charge in [0.2, 0.25) is 0 Å². The molecule has 8 nitrogen and oxygen atoms in total. The Hall–Kier alpha value is -3.20. The molecule has 30 heavy (non-hydrogen) atoms. The molecular formula is C21H19BrN6O2. The maximum Gasteiger partial charge on any atom is 0.358 e. The van der Waals surface area contributed by atoms with E-state index < -0.39 is 5.97 Å². The Balaban J connectivity index is 1.58. The standard InChI is InChI=1S/C21H19BrN6O2/c1-2-3-9-30-21(29)17-7-8-18-25-26-19(28(18)27-17)11-14-5-4-6-15(10-14)20-23-12-16(22)13-24-20/h4-8,10,12-13H,2-3,9,11H2,1H3. The third-order valence-electron chi connectivity index (χ3n) is 4.44. The molecule has 152 valence electrons. The molecule has 9 heteroatoms. The number of esters is 1. The van der Waals surface area contributed by atoms with Gasteiger partial charge in [-0.15, -0.1) is 10.2 Å². The molecule has 3 heterocycles. The molecule has 0 saturated heterocycles. The van der Waals surface area contributed by atoms with Crippen LogP contribution in [0.5, 0.6) is 0 Å². The van der Waals surface area contributed by atoms with Gasteiger partial charge in [-0.3, -0.25) is 0 Å². The molecule has 0 saturated carbocycles. The van der Waals surface area contributed by atoms with E-state index in [-0.39, 0.29) is 5.69 Å². The molecule has 0 spiro atoms. The average molecular weight is 467 g/mol. The van der Waals surface area contributed by atoms with Crippen molar-refractivity contribution in [2.24, 2.45) is 0 Å². The molecule has 4 aromatic rings.